The molecule has 2 amide bonds. The molecule has 220 valence electrons. The fourth-order valence-corrected chi connectivity index (χ4v) is 2.50. The highest BCUT2D eigenvalue weighted by Crippen LogP contribution is 2.03. The molecule has 0 saturated carbocycles. The van der Waals surface area contributed by atoms with Crippen LogP contribution < -0.4 is 10.6 Å². The summed E-state index contributed by atoms with van der Waals surface area (Å²) in [6.45, 7) is 18.7. The Labute approximate surface area is 236 Å². The van der Waals surface area contributed by atoms with Crippen LogP contribution >= 0.6 is 0 Å². The van der Waals surface area contributed by atoms with E-state index in [0.717, 1.165) is 0 Å². The third-order valence-corrected chi connectivity index (χ3v) is 4.38. The number of carbonyl (C=O) groups is 4. The van der Waals surface area contributed by atoms with E-state index in [1.165, 1.54) is 20.3 Å². The molecule has 0 fully saturated rings. The summed E-state index contributed by atoms with van der Waals surface area (Å²) in [5, 5.41) is 5.19. The summed E-state index contributed by atoms with van der Waals surface area (Å²) in [5.74, 6) is -1.57. The number of methoxy groups -OCH3 is 2. The van der Waals surface area contributed by atoms with E-state index in [1.54, 1.807) is 48.6 Å². The molecule has 1 rings (SSSR count). The predicted octanol–water partition coefficient (Wildman–Crippen LogP) is 5.97. The number of amides is 2. The van der Waals surface area contributed by atoms with E-state index in [-0.39, 0.29) is 19.2 Å². The van der Waals surface area contributed by atoms with E-state index in [2.05, 4.69) is 33.3 Å². The van der Waals surface area contributed by atoms with Gasteiger partial charge in [-0.1, -0.05) is 91.1 Å². The molecule has 0 heterocycles. The number of ether oxygens (including phenoxy) is 2. The molecule has 2 atom stereocenters. The predicted molar refractivity (Wildman–Crippen MR) is 161 cm³/mol. The maximum atomic E-state index is 11.9. The van der Waals surface area contributed by atoms with E-state index in [4.69, 9.17) is 0 Å². The van der Waals surface area contributed by atoms with Gasteiger partial charge in [0.05, 0.1) is 14.2 Å². The van der Waals surface area contributed by atoms with Crippen molar-refractivity contribution in [2.24, 2.45) is 0 Å². The maximum absolute atomic E-state index is 11.9. The summed E-state index contributed by atoms with van der Waals surface area (Å²) in [6.07, 6.45) is 8.92. The van der Waals surface area contributed by atoms with Crippen molar-refractivity contribution in [3.8, 4) is 0 Å². The SMILES string of the molecule is C.C=CC[C@H](NC(=O)/C(C=C)=C/C=C\C)C(=O)OC.CC.CC.CC[C@H](NC(=O)c1ccccc1)C(=O)OC. The van der Waals surface area contributed by atoms with Crippen LogP contribution in [0.15, 0.2) is 79.4 Å². The zero-order valence-corrected chi connectivity index (χ0v) is 24.2. The van der Waals surface area contributed by atoms with Gasteiger partial charge in [-0.3, -0.25) is 9.59 Å². The smallest absolute Gasteiger partial charge is 0.328 e. The van der Waals surface area contributed by atoms with Gasteiger partial charge in [-0.15, -0.1) is 6.58 Å². The zero-order chi connectivity index (χ0) is 29.9. The molecular formula is C31H50N2O6. The first-order valence-corrected chi connectivity index (χ1v) is 12.7. The Balaban J connectivity index is -0.000000273. The molecule has 0 spiro atoms. The molecule has 0 unspecified atom stereocenters. The van der Waals surface area contributed by atoms with Crippen LogP contribution in [-0.4, -0.2) is 50.1 Å². The fraction of sp³-hybridized carbons (Fsp3) is 0.419. The van der Waals surface area contributed by atoms with Gasteiger partial charge in [-0.2, -0.15) is 0 Å². The summed E-state index contributed by atoms with van der Waals surface area (Å²) in [5.41, 5.74) is 0.913. The number of benzene rings is 1. The van der Waals surface area contributed by atoms with Crippen LogP contribution in [0.4, 0.5) is 0 Å². The lowest BCUT2D eigenvalue weighted by molar-refractivity contribution is -0.144. The van der Waals surface area contributed by atoms with Crippen LogP contribution in [0.2, 0.25) is 0 Å². The van der Waals surface area contributed by atoms with Gasteiger partial charge >= 0.3 is 11.9 Å². The van der Waals surface area contributed by atoms with Gasteiger partial charge in [0.2, 0.25) is 0 Å². The van der Waals surface area contributed by atoms with Crippen LogP contribution in [-0.2, 0) is 23.9 Å². The Kier molecular flexibility index (Phi) is 30.9. The monoisotopic (exact) mass is 546 g/mol. The fourth-order valence-electron chi connectivity index (χ4n) is 2.50. The standard InChI is InChI=1S/C14H19NO3.C12H15NO3.2C2H6.CH4/c1-5-8-10-11(7-3)13(16)15-12(9-6-2)14(17)18-4;1-3-10(12(15)16-2)13-11(14)9-7-5-4-6-8-9;2*1-2;/h5-8,10,12H,2-3,9H2,1,4H3,(H,15,16);4-8,10H,3H2,1-2H3,(H,13,14);2*1-2H3;1H4/b8-5-,11-10+;;;;/t12-;10-;;;/m00.../s1. The number of nitrogens with one attached hydrogen (secondary N) is 2. The average molecular weight is 547 g/mol. The Morgan fingerprint density at radius 3 is 1.82 bits per heavy atom. The molecule has 8 heteroatoms. The van der Waals surface area contributed by atoms with Gasteiger partial charge in [-0.25, -0.2) is 9.59 Å². The second-order valence-electron chi connectivity index (χ2n) is 6.75. The van der Waals surface area contributed by atoms with E-state index >= 15 is 0 Å². The summed E-state index contributed by atoms with van der Waals surface area (Å²) in [6, 6.07) is 7.45. The summed E-state index contributed by atoms with van der Waals surface area (Å²) in [4.78, 5) is 46.3. The Morgan fingerprint density at radius 1 is 0.897 bits per heavy atom. The van der Waals surface area contributed by atoms with Crippen LogP contribution in [0.25, 0.3) is 0 Å². The molecule has 0 aromatic heterocycles. The molecule has 1 aromatic rings. The van der Waals surface area contributed by atoms with Crippen molar-refractivity contribution in [1.29, 1.82) is 0 Å². The number of hydrogen-bond acceptors (Lipinski definition) is 6. The van der Waals surface area contributed by atoms with Crippen molar-refractivity contribution in [2.45, 2.75) is 73.9 Å². The third-order valence-electron chi connectivity index (χ3n) is 4.38. The minimum absolute atomic E-state index is 0. The molecule has 8 nitrogen and oxygen atoms in total. The summed E-state index contributed by atoms with van der Waals surface area (Å²) >= 11 is 0. The number of allylic oxidation sites excluding steroid dienone is 3. The second-order valence-corrected chi connectivity index (χ2v) is 6.75. The number of hydrogen-bond donors (Lipinski definition) is 2. The summed E-state index contributed by atoms with van der Waals surface area (Å²) in [7, 11) is 2.58. The first-order valence-electron chi connectivity index (χ1n) is 12.7. The van der Waals surface area contributed by atoms with Gasteiger partial charge in [0.1, 0.15) is 12.1 Å². The van der Waals surface area contributed by atoms with E-state index < -0.39 is 24.0 Å². The van der Waals surface area contributed by atoms with Crippen molar-refractivity contribution < 1.29 is 28.7 Å². The molecule has 0 aliphatic carbocycles. The Morgan fingerprint density at radius 2 is 1.41 bits per heavy atom. The van der Waals surface area contributed by atoms with Crippen LogP contribution in [0.5, 0.6) is 0 Å². The van der Waals surface area contributed by atoms with Crippen molar-refractivity contribution in [1.82, 2.24) is 10.6 Å². The van der Waals surface area contributed by atoms with Gasteiger partial charge in [0, 0.05) is 11.1 Å². The average Bonchev–Trinajstić information content (AvgIpc) is 2.97. The number of rotatable bonds is 11. The lowest BCUT2D eigenvalue weighted by Crippen LogP contribution is -2.41. The summed E-state index contributed by atoms with van der Waals surface area (Å²) < 4.78 is 9.19. The van der Waals surface area contributed by atoms with Crippen molar-refractivity contribution in [2.75, 3.05) is 14.2 Å². The largest absolute Gasteiger partial charge is 0.467 e. The van der Waals surface area contributed by atoms with E-state index in [9.17, 15) is 19.2 Å². The molecule has 39 heavy (non-hydrogen) atoms. The van der Waals surface area contributed by atoms with Gasteiger partial charge < -0.3 is 20.1 Å². The highest BCUT2D eigenvalue weighted by Gasteiger charge is 2.21. The molecule has 0 radical (unpaired) electrons. The molecule has 0 bridgehead atoms. The van der Waals surface area contributed by atoms with Crippen LogP contribution in [0.1, 0.15) is 72.2 Å². The molecular weight excluding hydrogens is 496 g/mol. The van der Waals surface area contributed by atoms with E-state index in [0.29, 0.717) is 24.0 Å². The van der Waals surface area contributed by atoms with E-state index in [1.807, 2.05) is 47.6 Å². The molecule has 0 aliphatic rings. The van der Waals surface area contributed by atoms with Crippen LogP contribution in [0, 0.1) is 0 Å². The van der Waals surface area contributed by atoms with Crippen LogP contribution in [0.3, 0.4) is 0 Å². The molecule has 0 saturated heterocycles. The first-order chi connectivity index (χ1) is 18.3. The Hall–Kier alpha value is -3.94. The highest BCUT2D eigenvalue weighted by atomic mass is 16.5. The Bertz CT molecular complexity index is 892. The number of esters is 2. The first kappa shape index (κ1) is 42.2. The minimum Gasteiger partial charge on any atom is -0.467 e. The maximum Gasteiger partial charge on any atom is 0.328 e. The molecule has 2 N–H and O–H groups in total. The van der Waals surface area contributed by atoms with Gasteiger partial charge in [0.25, 0.3) is 11.8 Å². The lowest BCUT2D eigenvalue weighted by atomic mass is 10.1. The molecule has 0 aliphatic heterocycles. The van der Waals surface area contributed by atoms with Crippen molar-refractivity contribution in [3.63, 3.8) is 0 Å². The molecule has 1 aromatic carbocycles. The lowest BCUT2D eigenvalue weighted by Gasteiger charge is -2.14. The minimum atomic E-state index is -0.728. The van der Waals surface area contributed by atoms with Crippen molar-refractivity contribution in [3.05, 3.63) is 85.0 Å². The van der Waals surface area contributed by atoms with Crippen molar-refractivity contribution >= 4 is 23.8 Å². The highest BCUT2D eigenvalue weighted by molar-refractivity contribution is 5.98. The topological polar surface area (TPSA) is 111 Å². The third kappa shape index (κ3) is 18.9. The van der Waals surface area contributed by atoms with Gasteiger partial charge in [-0.05, 0) is 38.0 Å². The second kappa shape index (κ2) is 28.6. The quantitative estimate of drug-likeness (QED) is 0.153. The number of carbonyl (C=O) groups excluding carboxylic acids is 4. The zero-order valence-electron chi connectivity index (χ0n) is 24.2. The normalized spacial score (nSPS) is 11.0. The van der Waals surface area contributed by atoms with Gasteiger partial charge in [0.15, 0.2) is 0 Å².